The number of hydrogen-bond acceptors (Lipinski definition) is 3. The van der Waals surface area contributed by atoms with Gasteiger partial charge in [0.05, 0.1) is 5.69 Å². The van der Waals surface area contributed by atoms with Crippen molar-refractivity contribution in [2.75, 3.05) is 5.32 Å². The van der Waals surface area contributed by atoms with Gasteiger partial charge in [-0.2, -0.15) is 0 Å². The zero-order valence-corrected chi connectivity index (χ0v) is 12.7. The van der Waals surface area contributed by atoms with E-state index in [2.05, 4.69) is 58.1 Å². The quantitative estimate of drug-likeness (QED) is 0.563. The van der Waals surface area contributed by atoms with Crippen LogP contribution in [0.5, 0.6) is 0 Å². The van der Waals surface area contributed by atoms with Crippen LogP contribution in [0.4, 0.5) is 5.13 Å². The summed E-state index contributed by atoms with van der Waals surface area (Å²) in [6.07, 6.45) is 2.03. The summed E-state index contributed by atoms with van der Waals surface area (Å²) >= 11 is 1.64. The van der Waals surface area contributed by atoms with E-state index in [0.29, 0.717) is 0 Å². The summed E-state index contributed by atoms with van der Waals surface area (Å²) in [4.78, 5) is 8.00. The van der Waals surface area contributed by atoms with Crippen LogP contribution in [-0.4, -0.2) is 9.97 Å². The lowest BCUT2D eigenvalue weighted by Crippen LogP contribution is -1.98. The highest BCUT2D eigenvalue weighted by Gasteiger charge is 2.09. The van der Waals surface area contributed by atoms with E-state index in [0.717, 1.165) is 28.5 Å². The van der Waals surface area contributed by atoms with E-state index in [1.165, 1.54) is 10.9 Å². The third kappa shape index (κ3) is 2.49. The second-order valence-electron chi connectivity index (χ2n) is 5.12. The number of nitrogens with one attached hydrogen (secondary N) is 2. The van der Waals surface area contributed by atoms with Crippen LogP contribution in [0.25, 0.3) is 22.2 Å². The first-order valence-corrected chi connectivity index (χ1v) is 8.08. The molecule has 22 heavy (non-hydrogen) atoms. The van der Waals surface area contributed by atoms with E-state index in [1.807, 2.05) is 18.3 Å². The van der Waals surface area contributed by atoms with Crippen molar-refractivity contribution in [2.45, 2.75) is 6.54 Å². The number of H-pyrrole nitrogens is 1. The Morgan fingerprint density at radius 2 is 1.82 bits per heavy atom. The molecule has 2 aromatic carbocycles. The summed E-state index contributed by atoms with van der Waals surface area (Å²) in [5.74, 6) is 0. The molecule has 4 rings (SSSR count). The zero-order valence-electron chi connectivity index (χ0n) is 11.9. The lowest BCUT2D eigenvalue weighted by atomic mass is 10.1. The van der Waals surface area contributed by atoms with Gasteiger partial charge in [-0.15, -0.1) is 11.3 Å². The maximum absolute atomic E-state index is 4.71. The van der Waals surface area contributed by atoms with E-state index in [-0.39, 0.29) is 0 Å². The minimum atomic E-state index is 0.793. The number of aromatic amines is 1. The van der Waals surface area contributed by atoms with Crippen molar-refractivity contribution in [1.29, 1.82) is 0 Å². The van der Waals surface area contributed by atoms with Crippen molar-refractivity contribution in [2.24, 2.45) is 0 Å². The molecule has 2 N–H and O–H groups in total. The standard InChI is InChI=1S/C18H15N3S/c1-2-6-13(7-3-1)10-20-18-21-17(12-22-18)15-11-19-16-9-5-4-8-14(15)16/h1-9,11-12,19H,10H2,(H,20,21). The molecule has 2 heterocycles. The second-order valence-corrected chi connectivity index (χ2v) is 5.98. The number of anilines is 1. The van der Waals surface area contributed by atoms with Crippen molar-refractivity contribution >= 4 is 27.4 Å². The number of fused-ring (bicyclic) bond motifs is 1. The molecule has 0 saturated carbocycles. The molecule has 2 aromatic heterocycles. The Hall–Kier alpha value is -2.59. The Balaban J connectivity index is 1.56. The molecular formula is C18H15N3S. The summed E-state index contributed by atoms with van der Waals surface area (Å²) in [5.41, 5.74) is 4.56. The molecule has 0 fully saturated rings. The maximum atomic E-state index is 4.71. The molecule has 0 bridgehead atoms. The Bertz CT molecular complexity index is 893. The Morgan fingerprint density at radius 1 is 1.00 bits per heavy atom. The monoisotopic (exact) mass is 305 g/mol. The molecule has 108 valence electrons. The predicted molar refractivity (Wildman–Crippen MR) is 93.2 cm³/mol. The largest absolute Gasteiger partial charge is 0.360 e. The molecule has 0 aliphatic heterocycles. The van der Waals surface area contributed by atoms with Gasteiger partial charge in [0.15, 0.2) is 5.13 Å². The molecule has 0 aliphatic rings. The normalized spacial score (nSPS) is 10.9. The number of benzene rings is 2. The van der Waals surface area contributed by atoms with Crippen molar-refractivity contribution in [3.63, 3.8) is 0 Å². The van der Waals surface area contributed by atoms with Gasteiger partial charge in [0.1, 0.15) is 0 Å². The first kappa shape index (κ1) is 13.1. The molecule has 0 saturated heterocycles. The molecule has 3 nitrogen and oxygen atoms in total. The fourth-order valence-corrected chi connectivity index (χ4v) is 3.25. The number of aromatic nitrogens is 2. The first-order valence-electron chi connectivity index (χ1n) is 7.20. The van der Waals surface area contributed by atoms with Gasteiger partial charge in [-0.3, -0.25) is 0 Å². The SMILES string of the molecule is c1ccc(CNc2nc(-c3c[nH]c4ccccc34)cs2)cc1. The Morgan fingerprint density at radius 3 is 2.73 bits per heavy atom. The molecule has 4 heteroatoms. The fourth-order valence-electron chi connectivity index (χ4n) is 2.54. The average molecular weight is 305 g/mol. The van der Waals surface area contributed by atoms with E-state index in [1.54, 1.807) is 11.3 Å². The predicted octanol–water partition coefficient (Wildman–Crippen LogP) is 4.90. The summed E-state index contributed by atoms with van der Waals surface area (Å²) in [5, 5.41) is 7.65. The molecule has 0 atom stereocenters. The topological polar surface area (TPSA) is 40.7 Å². The zero-order chi connectivity index (χ0) is 14.8. The van der Waals surface area contributed by atoms with Crippen LogP contribution in [0.2, 0.25) is 0 Å². The van der Waals surface area contributed by atoms with Gasteiger partial charge in [-0.05, 0) is 11.6 Å². The van der Waals surface area contributed by atoms with E-state index in [9.17, 15) is 0 Å². The minimum Gasteiger partial charge on any atom is -0.360 e. The summed E-state index contributed by atoms with van der Waals surface area (Å²) in [6, 6.07) is 18.7. The second kappa shape index (κ2) is 5.66. The van der Waals surface area contributed by atoms with Gasteiger partial charge in [0, 0.05) is 34.6 Å². The summed E-state index contributed by atoms with van der Waals surface area (Å²) in [7, 11) is 0. The van der Waals surface area contributed by atoms with Crippen molar-refractivity contribution in [3.8, 4) is 11.3 Å². The van der Waals surface area contributed by atoms with Crippen LogP contribution in [0.3, 0.4) is 0 Å². The van der Waals surface area contributed by atoms with E-state index in [4.69, 9.17) is 4.98 Å². The van der Waals surface area contributed by atoms with E-state index < -0.39 is 0 Å². The number of rotatable bonds is 4. The maximum Gasteiger partial charge on any atom is 0.183 e. The Kier molecular flexibility index (Phi) is 3.37. The van der Waals surface area contributed by atoms with Crippen LogP contribution in [0, 0.1) is 0 Å². The lowest BCUT2D eigenvalue weighted by Gasteiger charge is -2.02. The first-order chi connectivity index (χ1) is 10.9. The van der Waals surface area contributed by atoms with Gasteiger partial charge in [-0.1, -0.05) is 48.5 Å². The average Bonchev–Trinajstić information content (AvgIpc) is 3.20. The summed E-state index contributed by atoms with van der Waals surface area (Å²) in [6.45, 7) is 0.793. The van der Waals surface area contributed by atoms with Crippen molar-refractivity contribution in [1.82, 2.24) is 9.97 Å². The highest BCUT2D eigenvalue weighted by atomic mass is 32.1. The number of thiazole rings is 1. The molecule has 4 aromatic rings. The van der Waals surface area contributed by atoms with Crippen LogP contribution in [-0.2, 0) is 6.54 Å². The molecule has 0 spiro atoms. The third-order valence-corrected chi connectivity index (χ3v) is 4.46. The fraction of sp³-hybridized carbons (Fsp3) is 0.0556. The molecule has 0 amide bonds. The Labute approximate surface area is 132 Å². The third-order valence-electron chi connectivity index (χ3n) is 3.66. The van der Waals surface area contributed by atoms with Crippen molar-refractivity contribution < 1.29 is 0 Å². The number of para-hydroxylation sites is 1. The highest BCUT2D eigenvalue weighted by molar-refractivity contribution is 7.14. The van der Waals surface area contributed by atoms with Gasteiger partial charge in [0.2, 0.25) is 0 Å². The smallest absolute Gasteiger partial charge is 0.183 e. The van der Waals surface area contributed by atoms with E-state index >= 15 is 0 Å². The van der Waals surface area contributed by atoms with Crippen LogP contribution < -0.4 is 5.32 Å². The number of hydrogen-bond donors (Lipinski definition) is 2. The summed E-state index contributed by atoms with van der Waals surface area (Å²) < 4.78 is 0. The number of nitrogens with zero attached hydrogens (tertiary/aromatic N) is 1. The van der Waals surface area contributed by atoms with Gasteiger partial charge >= 0.3 is 0 Å². The van der Waals surface area contributed by atoms with Crippen LogP contribution >= 0.6 is 11.3 Å². The highest BCUT2D eigenvalue weighted by Crippen LogP contribution is 2.30. The molecular weight excluding hydrogens is 290 g/mol. The molecule has 0 aliphatic carbocycles. The van der Waals surface area contributed by atoms with Gasteiger partial charge in [0.25, 0.3) is 0 Å². The lowest BCUT2D eigenvalue weighted by molar-refractivity contribution is 1.14. The minimum absolute atomic E-state index is 0.793. The van der Waals surface area contributed by atoms with Gasteiger partial charge in [-0.25, -0.2) is 4.98 Å². The molecule has 0 unspecified atom stereocenters. The van der Waals surface area contributed by atoms with Crippen LogP contribution in [0.15, 0.2) is 66.2 Å². The van der Waals surface area contributed by atoms with Crippen molar-refractivity contribution in [3.05, 3.63) is 71.7 Å². The van der Waals surface area contributed by atoms with Gasteiger partial charge < -0.3 is 10.3 Å². The van der Waals surface area contributed by atoms with Crippen LogP contribution in [0.1, 0.15) is 5.56 Å². The molecule has 0 radical (unpaired) electrons.